The fourth-order valence-corrected chi connectivity index (χ4v) is 2.34. The maximum Gasteiger partial charge on any atom is 0.268 e. The van der Waals surface area contributed by atoms with E-state index in [9.17, 15) is 4.79 Å². The lowest BCUT2D eigenvalue weighted by molar-refractivity contribution is 0.558. The van der Waals surface area contributed by atoms with E-state index in [1.807, 2.05) is 19.4 Å². The smallest absolute Gasteiger partial charge is 0.268 e. The lowest BCUT2D eigenvalue weighted by Crippen LogP contribution is -2.27. The summed E-state index contributed by atoms with van der Waals surface area (Å²) in [5.41, 5.74) is 2.97. The molecular weight excluding hydrogens is 242 g/mol. The van der Waals surface area contributed by atoms with Gasteiger partial charge in [0.1, 0.15) is 0 Å². The SMILES string of the molecule is Cn1cc(CCn2nc3c(cc2=O)NCCC3)cn1. The number of aromatic nitrogens is 4. The zero-order valence-electron chi connectivity index (χ0n) is 11.0. The van der Waals surface area contributed by atoms with Crippen LogP contribution in [0.1, 0.15) is 17.7 Å². The summed E-state index contributed by atoms with van der Waals surface area (Å²) in [6.45, 7) is 1.52. The molecule has 0 aromatic carbocycles. The minimum Gasteiger partial charge on any atom is -0.383 e. The molecule has 0 amide bonds. The highest BCUT2D eigenvalue weighted by molar-refractivity contribution is 5.48. The van der Waals surface area contributed by atoms with Crippen LogP contribution in [-0.2, 0) is 26.4 Å². The third-order valence-electron chi connectivity index (χ3n) is 3.35. The number of nitrogens with one attached hydrogen (secondary N) is 1. The van der Waals surface area contributed by atoms with Gasteiger partial charge in [0.15, 0.2) is 0 Å². The number of nitrogens with zero attached hydrogens (tertiary/aromatic N) is 4. The highest BCUT2D eigenvalue weighted by atomic mass is 16.1. The maximum atomic E-state index is 12.0. The van der Waals surface area contributed by atoms with Gasteiger partial charge < -0.3 is 5.32 Å². The summed E-state index contributed by atoms with van der Waals surface area (Å²) in [7, 11) is 1.89. The van der Waals surface area contributed by atoms with E-state index in [0.717, 1.165) is 42.8 Å². The van der Waals surface area contributed by atoms with E-state index in [1.165, 1.54) is 0 Å². The lowest BCUT2D eigenvalue weighted by atomic mass is 10.1. The molecule has 1 aliphatic rings. The molecule has 1 N–H and O–H groups in total. The Morgan fingerprint density at radius 3 is 3.16 bits per heavy atom. The third-order valence-corrected chi connectivity index (χ3v) is 3.35. The van der Waals surface area contributed by atoms with Gasteiger partial charge in [-0.25, -0.2) is 4.68 Å². The van der Waals surface area contributed by atoms with E-state index in [4.69, 9.17) is 0 Å². The van der Waals surface area contributed by atoms with Gasteiger partial charge in [-0.1, -0.05) is 0 Å². The summed E-state index contributed by atoms with van der Waals surface area (Å²) < 4.78 is 3.32. The van der Waals surface area contributed by atoms with E-state index in [0.29, 0.717) is 6.54 Å². The molecular formula is C13H17N5O. The monoisotopic (exact) mass is 259 g/mol. The van der Waals surface area contributed by atoms with Crippen LogP contribution in [-0.4, -0.2) is 26.1 Å². The normalized spacial score (nSPS) is 13.9. The van der Waals surface area contributed by atoms with Gasteiger partial charge in [0.2, 0.25) is 0 Å². The fourth-order valence-electron chi connectivity index (χ4n) is 2.34. The van der Waals surface area contributed by atoms with Crippen molar-refractivity contribution in [3.8, 4) is 0 Å². The van der Waals surface area contributed by atoms with Gasteiger partial charge in [-0.2, -0.15) is 10.2 Å². The quantitative estimate of drug-likeness (QED) is 0.875. The first-order chi connectivity index (χ1) is 9.22. The molecule has 0 aliphatic carbocycles. The molecule has 0 atom stereocenters. The van der Waals surface area contributed by atoms with E-state index >= 15 is 0 Å². The number of anilines is 1. The lowest BCUT2D eigenvalue weighted by Gasteiger charge is -2.17. The molecule has 0 fully saturated rings. The second kappa shape index (κ2) is 4.87. The first-order valence-corrected chi connectivity index (χ1v) is 6.55. The Balaban J connectivity index is 1.79. The zero-order chi connectivity index (χ0) is 13.2. The van der Waals surface area contributed by atoms with Crippen LogP contribution in [0.3, 0.4) is 0 Å². The number of rotatable bonds is 3. The number of hydrogen-bond donors (Lipinski definition) is 1. The standard InChI is InChI=1S/C13H17N5O/c1-17-9-10(8-15-17)4-6-18-13(19)7-12-11(16-18)3-2-5-14-12/h7-9,14H,2-6H2,1H3. The van der Waals surface area contributed by atoms with E-state index in [2.05, 4.69) is 15.5 Å². The Kier molecular flexibility index (Phi) is 3.06. The molecule has 0 radical (unpaired) electrons. The van der Waals surface area contributed by atoms with Crippen molar-refractivity contribution in [2.75, 3.05) is 11.9 Å². The highest BCUT2D eigenvalue weighted by Crippen LogP contribution is 2.16. The molecule has 6 heteroatoms. The Morgan fingerprint density at radius 2 is 2.37 bits per heavy atom. The summed E-state index contributed by atoms with van der Waals surface area (Å²) in [4.78, 5) is 12.0. The van der Waals surface area contributed by atoms with Crippen molar-refractivity contribution in [3.05, 3.63) is 40.1 Å². The molecule has 2 aromatic rings. The van der Waals surface area contributed by atoms with Gasteiger partial charge in [0, 0.05) is 32.4 Å². The fraction of sp³-hybridized carbons (Fsp3) is 0.462. The molecule has 0 saturated carbocycles. The van der Waals surface area contributed by atoms with Crippen LogP contribution < -0.4 is 10.9 Å². The number of fused-ring (bicyclic) bond motifs is 1. The second-order valence-electron chi connectivity index (χ2n) is 4.87. The molecule has 0 spiro atoms. The van der Waals surface area contributed by atoms with Gasteiger partial charge in [-0.15, -0.1) is 0 Å². The maximum absolute atomic E-state index is 12.0. The van der Waals surface area contributed by atoms with Crippen molar-refractivity contribution in [3.63, 3.8) is 0 Å². The van der Waals surface area contributed by atoms with Gasteiger partial charge in [-0.3, -0.25) is 9.48 Å². The molecule has 0 saturated heterocycles. The van der Waals surface area contributed by atoms with E-state index in [1.54, 1.807) is 15.4 Å². The molecule has 19 heavy (non-hydrogen) atoms. The Labute approximate surface area is 111 Å². The molecule has 100 valence electrons. The van der Waals surface area contributed by atoms with Crippen LogP contribution in [0.5, 0.6) is 0 Å². The summed E-state index contributed by atoms with van der Waals surface area (Å²) in [5.74, 6) is 0. The summed E-state index contributed by atoms with van der Waals surface area (Å²) in [6.07, 6.45) is 6.57. The minimum absolute atomic E-state index is 0.0444. The Bertz CT molecular complexity index is 643. The van der Waals surface area contributed by atoms with Crippen LogP contribution in [0.2, 0.25) is 0 Å². The predicted octanol–water partition coefficient (Wildman–Crippen LogP) is 0.578. The molecule has 3 heterocycles. The number of aryl methyl sites for hydroxylation is 4. The van der Waals surface area contributed by atoms with Crippen LogP contribution >= 0.6 is 0 Å². The minimum atomic E-state index is -0.0444. The first kappa shape index (κ1) is 12.0. The molecule has 2 aromatic heterocycles. The Hall–Kier alpha value is -2.11. The van der Waals surface area contributed by atoms with Gasteiger partial charge in [0.25, 0.3) is 5.56 Å². The average Bonchev–Trinajstić information content (AvgIpc) is 2.82. The first-order valence-electron chi connectivity index (χ1n) is 6.55. The van der Waals surface area contributed by atoms with Gasteiger partial charge >= 0.3 is 0 Å². The van der Waals surface area contributed by atoms with Crippen molar-refractivity contribution in [1.29, 1.82) is 0 Å². The summed E-state index contributed by atoms with van der Waals surface area (Å²) in [5, 5.41) is 11.8. The molecule has 0 unspecified atom stereocenters. The van der Waals surface area contributed by atoms with E-state index in [-0.39, 0.29) is 5.56 Å². The van der Waals surface area contributed by atoms with Crippen molar-refractivity contribution in [2.24, 2.45) is 7.05 Å². The van der Waals surface area contributed by atoms with Crippen LogP contribution in [0.25, 0.3) is 0 Å². The van der Waals surface area contributed by atoms with Crippen LogP contribution in [0.4, 0.5) is 5.69 Å². The summed E-state index contributed by atoms with van der Waals surface area (Å²) in [6, 6.07) is 1.66. The molecule has 1 aliphatic heterocycles. The van der Waals surface area contributed by atoms with Gasteiger partial charge in [-0.05, 0) is 24.8 Å². The number of hydrogen-bond acceptors (Lipinski definition) is 4. The third kappa shape index (κ3) is 2.52. The van der Waals surface area contributed by atoms with Gasteiger partial charge in [0.05, 0.1) is 17.6 Å². The average molecular weight is 259 g/mol. The topological polar surface area (TPSA) is 64.7 Å². The molecule has 6 nitrogen and oxygen atoms in total. The van der Waals surface area contributed by atoms with Crippen LogP contribution in [0, 0.1) is 0 Å². The predicted molar refractivity (Wildman–Crippen MR) is 72.2 cm³/mol. The van der Waals surface area contributed by atoms with E-state index < -0.39 is 0 Å². The van der Waals surface area contributed by atoms with Crippen molar-refractivity contribution in [2.45, 2.75) is 25.8 Å². The Morgan fingerprint density at radius 1 is 1.47 bits per heavy atom. The molecule has 0 bridgehead atoms. The summed E-state index contributed by atoms with van der Waals surface area (Å²) >= 11 is 0. The van der Waals surface area contributed by atoms with Crippen molar-refractivity contribution < 1.29 is 0 Å². The zero-order valence-corrected chi connectivity index (χ0v) is 11.0. The highest BCUT2D eigenvalue weighted by Gasteiger charge is 2.12. The van der Waals surface area contributed by atoms with Crippen molar-refractivity contribution >= 4 is 5.69 Å². The largest absolute Gasteiger partial charge is 0.383 e. The van der Waals surface area contributed by atoms with Crippen LogP contribution in [0.15, 0.2) is 23.3 Å². The second-order valence-corrected chi connectivity index (χ2v) is 4.87. The molecule has 3 rings (SSSR count). The van der Waals surface area contributed by atoms with Crippen molar-refractivity contribution in [1.82, 2.24) is 19.6 Å².